The zero-order valence-corrected chi connectivity index (χ0v) is 18.2. The summed E-state index contributed by atoms with van der Waals surface area (Å²) in [5.74, 6) is -1.94. The second kappa shape index (κ2) is 9.37. The summed E-state index contributed by atoms with van der Waals surface area (Å²) in [5.41, 5.74) is -1.86. The molecule has 2 rings (SSSR count). The topological polar surface area (TPSA) is 159 Å². The molecular weight excluding hydrogens is 436 g/mol. The van der Waals surface area contributed by atoms with Crippen LogP contribution >= 0.6 is 11.9 Å². The zero-order valence-electron chi connectivity index (χ0n) is 16.6. The van der Waals surface area contributed by atoms with E-state index in [1.807, 2.05) is 11.9 Å². The molecule has 1 fully saturated rings. The van der Waals surface area contributed by atoms with Crippen molar-refractivity contribution >= 4 is 33.6 Å². The second-order valence-electron chi connectivity index (χ2n) is 7.31. The zero-order chi connectivity index (χ0) is 22.6. The molecule has 1 aromatic rings. The molecule has 0 saturated carbocycles. The molecule has 0 aromatic heterocycles. The van der Waals surface area contributed by atoms with Crippen LogP contribution < -0.4 is 4.72 Å². The Morgan fingerprint density at radius 3 is 2.37 bits per heavy atom. The lowest BCUT2D eigenvalue weighted by Gasteiger charge is -2.48. The molecule has 1 saturated heterocycles. The standard InChI is InChI=1S/C17H24N4O7S2/c1-3-17(15(22)23,16(29-19-24)8-10-20(2)11-9-16)18-30(27,28)12-13-4-6-14(7-5-13)21(25)26/h4-7,18H,3,8-12H2,1-2H3,(H,22,23). The van der Waals surface area contributed by atoms with Gasteiger partial charge in [-0.25, -0.2) is 8.42 Å². The van der Waals surface area contributed by atoms with Crippen molar-refractivity contribution in [2.75, 3.05) is 20.1 Å². The largest absolute Gasteiger partial charge is 0.480 e. The maximum atomic E-state index is 12.9. The fraction of sp³-hybridized carbons (Fsp3) is 0.588. The summed E-state index contributed by atoms with van der Waals surface area (Å²) < 4.78 is 29.8. The van der Waals surface area contributed by atoms with Crippen molar-refractivity contribution in [3.8, 4) is 0 Å². The van der Waals surface area contributed by atoms with Crippen molar-refractivity contribution in [2.45, 2.75) is 42.2 Å². The molecule has 1 heterocycles. The third kappa shape index (κ3) is 4.96. The number of benzene rings is 1. The Balaban J connectivity index is 2.39. The summed E-state index contributed by atoms with van der Waals surface area (Å²) in [7, 11) is -2.32. The van der Waals surface area contributed by atoms with Gasteiger partial charge in [-0.2, -0.15) is 4.72 Å². The quantitative estimate of drug-likeness (QED) is 0.231. The van der Waals surface area contributed by atoms with Crippen LogP contribution in [0.2, 0.25) is 0 Å². The number of rotatable bonds is 10. The number of aliphatic carboxylic acids is 1. The van der Waals surface area contributed by atoms with E-state index in [-0.39, 0.29) is 30.5 Å². The van der Waals surface area contributed by atoms with Crippen LogP contribution in [0.4, 0.5) is 5.69 Å². The molecule has 1 aliphatic heterocycles. The summed E-state index contributed by atoms with van der Waals surface area (Å²) in [6.45, 7) is 2.53. The Bertz CT molecular complexity index is 899. The van der Waals surface area contributed by atoms with Gasteiger partial charge in [0.15, 0.2) is 0 Å². The number of hydrogen-bond acceptors (Lipinski definition) is 9. The number of carboxylic acid groups (broad SMARTS) is 1. The van der Waals surface area contributed by atoms with Crippen LogP contribution in [0.15, 0.2) is 28.8 Å². The Morgan fingerprint density at radius 2 is 1.93 bits per heavy atom. The van der Waals surface area contributed by atoms with Gasteiger partial charge in [0.05, 0.1) is 15.4 Å². The van der Waals surface area contributed by atoms with Gasteiger partial charge in [0, 0.05) is 28.7 Å². The van der Waals surface area contributed by atoms with E-state index >= 15 is 0 Å². The number of sulfonamides is 1. The minimum absolute atomic E-state index is 0.0892. The number of nitrogens with one attached hydrogen (secondary N) is 1. The SMILES string of the molecule is CCC(NS(=O)(=O)Cc1ccc([N+](=O)[O-])cc1)(C(=O)O)C1(SN=O)CCN(C)CC1. The van der Waals surface area contributed by atoms with Crippen molar-refractivity contribution < 1.29 is 23.2 Å². The van der Waals surface area contributed by atoms with Crippen LogP contribution in [-0.4, -0.2) is 59.7 Å². The highest BCUT2D eigenvalue weighted by atomic mass is 32.2. The van der Waals surface area contributed by atoms with Crippen LogP contribution in [-0.2, 0) is 20.6 Å². The molecule has 0 radical (unpaired) electrons. The number of non-ortho nitro benzene ring substituents is 1. The summed E-state index contributed by atoms with van der Waals surface area (Å²) in [5, 5.41) is 20.9. The molecule has 0 bridgehead atoms. The summed E-state index contributed by atoms with van der Waals surface area (Å²) in [6, 6.07) is 4.97. The first-order valence-electron chi connectivity index (χ1n) is 9.18. The number of carboxylic acids is 1. The number of nitro groups is 1. The van der Waals surface area contributed by atoms with E-state index in [2.05, 4.69) is 9.30 Å². The van der Waals surface area contributed by atoms with E-state index in [1.165, 1.54) is 24.3 Å². The maximum absolute atomic E-state index is 12.9. The van der Waals surface area contributed by atoms with Crippen molar-refractivity contribution in [1.82, 2.24) is 9.62 Å². The molecule has 1 aromatic carbocycles. The molecule has 1 aliphatic rings. The van der Waals surface area contributed by atoms with Gasteiger partial charge in [-0.05, 0) is 45.0 Å². The smallest absolute Gasteiger partial charge is 0.326 e. The molecule has 11 nitrogen and oxygen atoms in total. The molecule has 0 aliphatic carbocycles. The van der Waals surface area contributed by atoms with E-state index in [0.717, 1.165) is 0 Å². The fourth-order valence-electron chi connectivity index (χ4n) is 3.76. The normalized spacial score (nSPS) is 19.0. The maximum Gasteiger partial charge on any atom is 0.326 e. The van der Waals surface area contributed by atoms with Crippen molar-refractivity contribution in [2.24, 2.45) is 4.58 Å². The van der Waals surface area contributed by atoms with Gasteiger partial charge < -0.3 is 10.0 Å². The molecular formula is C17H24N4O7S2. The van der Waals surface area contributed by atoms with Crippen LogP contribution in [0.3, 0.4) is 0 Å². The van der Waals surface area contributed by atoms with E-state index in [9.17, 15) is 33.3 Å². The summed E-state index contributed by atoms with van der Waals surface area (Å²) in [4.78, 5) is 35.7. The molecule has 0 spiro atoms. The van der Waals surface area contributed by atoms with Crippen LogP contribution in [0.25, 0.3) is 0 Å². The lowest BCUT2D eigenvalue weighted by molar-refractivity contribution is -0.384. The summed E-state index contributed by atoms with van der Waals surface area (Å²) in [6.07, 6.45) is 0.439. The van der Waals surface area contributed by atoms with Crippen LogP contribution in [0.5, 0.6) is 0 Å². The van der Waals surface area contributed by atoms with E-state index in [1.54, 1.807) is 6.92 Å². The lowest BCUT2D eigenvalue weighted by Crippen LogP contribution is -2.69. The molecule has 1 unspecified atom stereocenters. The number of nitro benzene ring substituents is 1. The first kappa shape index (κ1) is 24.2. The Morgan fingerprint density at radius 1 is 1.37 bits per heavy atom. The van der Waals surface area contributed by atoms with Gasteiger partial charge in [0.1, 0.15) is 5.54 Å². The van der Waals surface area contributed by atoms with E-state index in [4.69, 9.17) is 0 Å². The third-order valence-corrected chi connectivity index (χ3v) is 8.07. The summed E-state index contributed by atoms with van der Waals surface area (Å²) >= 11 is 0.574. The Hall–Kier alpha value is -2.09. The fourth-order valence-corrected chi connectivity index (χ4v) is 6.43. The minimum atomic E-state index is -4.17. The first-order valence-corrected chi connectivity index (χ1v) is 11.6. The van der Waals surface area contributed by atoms with E-state index < -0.39 is 37.0 Å². The van der Waals surface area contributed by atoms with Gasteiger partial charge in [-0.1, -0.05) is 19.1 Å². The van der Waals surface area contributed by atoms with Gasteiger partial charge in [-0.15, -0.1) is 4.91 Å². The average molecular weight is 461 g/mol. The number of likely N-dealkylation sites (tertiary alicyclic amines) is 1. The van der Waals surface area contributed by atoms with Crippen molar-refractivity contribution in [3.05, 3.63) is 44.9 Å². The van der Waals surface area contributed by atoms with Crippen LogP contribution in [0, 0.1) is 15.0 Å². The molecule has 2 N–H and O–H groups in total. The number of nitrogens with zero attached hydrogens (tertiary/aromatic N) is 3. The highest BCUT2D eigenvalue weighted by Gasteiger charge is 2.59. The highest BCUT2D eigenvalue weighted by Crippen LogP contribution is 2.47. The lowest BCUT2D eigenvalue weighted by atomic mass is 9.75. The van der Waals surface area contributed by atoms with Crippen LogP contribution in [0.1, 0.15) is 31.7 Å². The highest BCUT2D eigenvalue weighted by molar-refractivity contribution is 7.99. The van der Waals surface area contributed by atoms with Gasteiger partial charge in [0.2, 0.25) is 10.0 Å². The van der Waals surface area contributed by atoms with Crippen molar-refractivity contribution in [3.63, 3.8) is 0 Å². The molecule has 30 heavy (non-hydrogen) atoms. The second-order valence-corrected chi connectivity index (χ2v) is 10.1. The minimum Gasteiger partial charge on any atom is -0.480 e. The third-order valence-electron chi connectivity index (χ3n) is 5.51. The molecule has 166 valence electrons. The predicted molar refractivity (Wildman–Crippen MR) is 112 cm³/mol. The molecule has 13 heteroatoms. The molecule has 0 amide bonds. The number of hydrogen-bond donors (Lipinski definition) is 2. The van der Waals surface area contributed by atoms with Gasteiger partial charge in [0.25, 0.3) is 5.69 Å². The predicted octanol–water partition coefficient (Wildman–Crippen LogP) is 2.13. The Labute approximate surface area is 178 Å². The van der Waals surface area contributed by atoms with Gasteiger partial charge in [-0.3, -0.25) is 14.9 Å². The van der Waals surface area contributed by atoms with E-state index in [0.29, 0.717) is 25.0 Å². The number of nitroso groups, excluding NO2 is 1. The molecule has 1 atom stereocenters. The number of carbonyl (C=O) groups is 1. The Kier molecular flexibility index (Phi) is 7.55. The van der Waals surface area contributed by atoms with Crippen molar-refractivity contribution in [1.29, 1.82) is 0 Å². The average Bonchev–Trinajstić information content (AvgIpc) is 2.68. The first-order chi connectivity index (χ1) is 14.0. The number of piperidine rings is 1. The van der Waals surface area contributed by atoms with Gasteiger partial charge >= 0.3 is 5.97 Å². The monoisotopic (exact) mass is 460 g/mol.